The van der Waals surface area contributed by atoms with Crippen molar-refractivity contribution in [3.8, 4) is 5.75 Å². The van der Waals surface area contributed by atoms with Gasteiger partial charge in [-0.15, -0.1) is 0 Å². The minimum Gasteiger partial charge on any atom is -0.619 e. The summed E-state index contributed by atoms with van der Waals surface area (Å²) in [5.74, 6) is 0.458. The maximum atomic E-state index is 11.4. The zero-order valence-corrected chi connectivity index (χ0v) is 8.87. The van der Waals surface area contributed by atoms with Crippen LogP contribution in [-0.2, 0) is 0 Å². The van der Waals surface area contributed by atoms with Crippen molar-refractivity contribution in [2.75, 3.05) is 5.32 Å². The summed E-state index contributed by atoms with van der Waals surface area (Å²) in [6, 6.07) is 11.7. The SMILES string of the molecule is O=C(Nc1cc[n+]([O-])cc1)Oc1ccccc1. The molecule has 1 aromatic carbocycles. The van der Waals surface area contributed by atoms with Crippen LogP contribution in [0, 0.1) is 5.21 Å². The second kappa shape index (κ2) is 4.98. The normalized spacial score (nSPS) is 9.65. The smallest absolute Gasteiger partial charge is 0.417 e. The van der Waals surface area contributed by atoms with E-state index >= 15 is 0 Å². The molecule has 0 atom stereocenters. The largest absolute Gasteiger partial charge is 0.619 e. The molecule has 0 unspecified atom stereocenters. The van der Waals surface area contributed by atoms with Gasteiger partial charge in [0, 0.05) is 12.1 Å². The van der Waals surface area contributed by atoms with Crippen LogP contribution in [0.5, 0.6) is 5.75 Å². The van der Waals surface area contributed by atoms with Gasteiger partial charge in [0.1, 0.15) is 5.75 Å². The Morgan fingerprint density at radius 2 is 1.76 bits per heavy atom. The molecule has 0 saturated heterocycles. The molecule has 2 rings (SSSR count). The number of para-hydroxylation sites is 1. The molecule has 1 aromatic heterocycles. The van der Waals surface area contributed by atoms with Gasteiger partial charge in [0.05, 0.1) is 5.69 Å². The molecular weight excluding hydrogens is 220 g/mol. The zero-order chi connectivity index (χ0) is 12.1. The fraction of sp³-hybridized carbons (Fsp3) is 0. The molecule has 0 aliphatic rings. The van der Waals surface area contributed by atoms with E-state index in [0.29, 0.717) is 16.2 Å². The summed E-state index contributed by atoms with van der Waals surface area (Å²) in [5.41, 5.74) is 0.498. The van der Waals surface area contributed by atoms with Gasteiger partial charge in [-0.1, -0.05) is 18.2 Å². The van der Waals surface area contributed by atoms with Crippen LogP contribution < -0.4 is 14.8 Å². The molecule has 0 spiro atoms. The third-order valence-electron chi connectivity index (χ3n) is 2.00. The highest BCUT2D eigenvalue weighted by Gasteiger charge is 2.04. The average Bonchev–Trinajstić information content (AvgIpc) is 2.33. The second-order valence-electron chi connectivity index (χ2n) is 3.27. The number of nitrogens with one attached hydrogen (secondary N) is 1. The first-order chi connectivity index (χ1) is 8.24. The van der Waals surface area contributed by atoms with E-state index in [1.54, 1.807) is 24.3 Å². The molecule has 17 heavy (non-hydrogen) atoms. The third kappa shape index (κ3) is 3.20. The Morgan fingerprint density at radius 1 is 1.12 bits per heavy atom. The van der Waals surface area contributed by atoms with Gasteiger partial charge >= 0.3 is 6.09 Å². The number of aromatic nitrogens is 1. The summed E-state index contributed by atoms with van der Waals surface area (Å²) < 4.78 is 5.65. The molecule has 1 heterocycles. The number of hydrogen-bond acceptors (Lipinski definition) is 3. The summed E-state index contributed by atoms with van der Waals surface area (Å²) in [5, 5.41) is 13.3. The molecule has 0 fully saturated rings. The van der Waals surface area contributed by atoms with Crippen LogP contribution in [0.15, 0.2) is 54.9 Å². The molecule has 5 nitrogen and oxygen atoms in total. The second-order valence-corrected chi connectivity index (χ2v) is 3.27. The van der Waals surface area contributed by atoms with E-state index in [0.717, 1.165) is 0 Å². The molecule has 86 valence electrons. The molecule has 1 amide bonds. The number of pyridine rings is 1. The summed E-state index contributed by atoms with van der Waals surface area (Å²) in [7, 11) is 0. The molecule has 2 aromatic rings. The highest BCUT2D eigenvalue weighted by atomic mass is 16.6. The Morgan fingerprint density at radius 3 is 2.41 bits per heavy atom. The fourth-order valence-electron chi connectivity index (χ4n) is 1.24. The Labute approximate surface area is 97.9 Å². The van der Waals surface area contributed by atoms with E-state index in [4.69, 9.17) is 4.74 Å². The Bertz CT molecular complexity index is 497. The van der Waals surface area contributed by atoms with Gasteiger partial charge in [-0.2, -0.15) is 4.73 Å². The van der Waals surface area contributed by atoms with Crippen LogP contribution in [-0.4, -0.2) is 6.09 Å². The van der Waals surface area contributed by atoms with Crippen molar-refractivity contribution in [2.45, 2.75) is 0 Å². The van der Waals surface area contributed by atoms with Crippen LogP contribution in [0.3, 0.4) is 0 Å². The summed E-state index contributed by atoms with van der Waals surface area (Å²) in [6.07, 6.45) is 1.98. The van der Waals surface area contributed by atoms with Gasteiger partial charge in [0.25, 0.3) is 0 Å². The third-order valence-corrected chi connectivity index (χ3v) is 2.00. The fourth-order valence-corrected chi connectivity index (χ4v) is 1.24. The molecule has 0 saturated carbocycles. The van der Waals surface area contributed by atoms with Crippen LogP contribution in [0.4, 0.5) is 10.5 Å². The van der Waals surface area contributed by atoms with E-state index in [-0.39, 0.29) is 0 Å². The van der Waals surface area contributed by atoms with Crippen molar-refractivity contribution in [3.05, 3.63) is 60.1 Å². The summed E-state index contributed by atoms with van der Waals surface area (Å²) in [4.78, 5) is 11.4. The number of amides is 1. The van der Waals surface area contributed by atoms with Crippen LogP contribution in [0.2, 0.25) is 0 Å². The number of benzene rings is 1. The predicted molar refractivity (Wildman–Crippen MR) is 61.5 cm³/mol. The van der Waals surface area contributed by atoms with Crippen LogP contribution in [0.1, 0.15) is 0 Å². The van der Waals surface area contributed by atoms with E-state index < -0.39 is 6.09 Å². The molecule has 0 aliphatic heterocycles. The molecule has 0 aliphatic carbocycles. The van der Waals surface area contributed by atoms with Crippen molar-refractivity contribution in [1.82, 2.24) is 0 Å². The minimum atomic E-state index is -0.597. The van der Waals surface area contributed by atoms with Crippen LogP contribution >= 0.6 is 0 Å². The molecule has 1 N–H and O–H groups in total. The lowest BCUT2D eigenvalue weighted by Gasteiger charge is -2.05. The monoisotopic (exact) mass is 230 g/mol. The van der Waals surface area contributed by atoms with E-state index in [1.165, 1.54) is 24.5 Å². The predicted octanol–water partition coefficient (Wildman–Crippen LogP) is 1.93. The lowest BCUT2D eigenvalue weighted by atomic mass is 10.3. The maximum absolute atomic E-state index is 11.4. The molecule has 0 bridgehead atoms. The lowest BCUT2D eigenvalue weighted by Crippen LogP contribution is -2.24. The number of ether oxygens (including phenoxy) is 1. The first-order valence-electron chi connectivity index (χ1n) is 4.97. The Balaban J connectivity index is 1.96. The first kappa shape index (κ1) is 10.9. The van der Waals surface area contributed by atoms with Crippen molar-refractivity contribution in [3.63, 3.8) is 0 Å². The van der Waals surface area contributed by atoms with Gasteiger partial charge < -0.3 is 9.94 Å². The standard InChI is InChI=1S/C12H10N2O3/c15-12(17-11-4-2-1-3-5-11)13-10-6-8-14(16)9-7-10/h1-9H,(H,13,15). The number of anilines is 1. The van der Waals surface area contributed by atoms with Gasteiger partial charge in [0.15, 0.2) is 12.4 Å². The number of carbonyl (C=O) groups is 1. The number of nitrogens with zero attached hydrogens (tertiary/aromatic N) is 1. The topological polar surface area (TPSA) is 65.3 Å². The number of carbonyl (C=O) groups excluding carboxylic acids is 1. The molecule has 0 radical (unpaired) electrons. The van der Waals surface area contributed by atoms with E-state index in [2.05, 4.69) is 5.32 Å². The molecule has 5 heteroatoms. The Hall–Kier alpha value is -2.56. The summed E-state index contributed by atoms with van der Waals surface area (Å²) in [6.45, 7) is 0. The average molecular weight is 230 g/mol. The minimum absolute atomic E-state index is 0.458. The van der Waals surface area contributed by atoms with Crippen molar-refractivity contribution < 1.29 is 14.3 Å². The maximum Gasteiger partial charge on any atom is 0.417 e. The zero-order valence-electron chi connectivity index (χ0n) is 8.87. The Kier molecular flexibility index (Phi) is 3.20. The van der Waals surface area contributed by atoms with Gasteiger partial charge in [-0.25, -0.2) is 4.79 Å². The van der Waals surface area contributed by atoms with Crippen molar-refractivity contribution >= 4 is 11.8 Å². The highest BCUT2D eigenvalue weighted by Crippen LogP contribution is 2.10. The first-order valence-corrected chi connectivity index (χ1v) is 4.97. The quantitative estimate of drug-likeness (QED) is 0.633. The number of hydrogen-bond donors (Lipinski definition) is 1. The van der Waals surface area contributed by atoms with E-state index in [1.807, 2.05) is 6.07 Å². The number of rotatable bonds is 2. The van der Waals surface area contributed by atoms with Crippen molar-refractivity contribution in [2.24, 2.45) is 0 Å². The highest BCUT2D eigenvalue weighted by molar-refractivity contribution is 5.85. The molecular formula is C12H10N2O3. The van der Waals surface area contributed by atoms with Crippen LogP contribution in [0.25, 0.3) is 0 Å². The lowest BCUT2D eigenvalue weighted by molar-refractivity contribution is -0.605. The van der Waals surface area contributed by atoms with Gasteiger partial charge in [-0.05, 0) is 12.1 Å². The van der Waals surface area contributed by atoms with E-state index in [9.17, 15) is 10.0 Å². The summed E-state index contributed by atoms with van der Waals surface area (Å²) >= 11 is 0. The van der Waals surface area contributed by atoms with Crippen molar-refractivity contribution in [1.29, 1.82) is 0 Å². The van der Waals surface area contributed by atoms with Gasteiger partial charge in [-0.3, -0.25) is 5.32 Å². The van der Waals surface area contributed by atoms with Gasteiger partial charge in [0.2, 0.25) is 0 Å².